The van der Waals surface area contributed by atoms with E-state index in [1.165, 1.54) is 0 Å². The number of likely N-dealkylation sites (tertiary alicyclic amines) is 1. The van der Waals surface area contributed by atoms with E-state index in [0.29, 0.717) is 36.2 Å². The van der Waals surface area contributed by atoms with Gasteiger partial charge < -0.3 is 18.9 Å². The number of carbonyl (C=O) groups is 1. The number of ether oxygens (including phenoxy) is 2. The molecule has 0 bridgehead atoms. The Hall–Kier alpha value is -2.17. The Morgan fingerprint density at radius 2 is 2.03 bits per heavy atom. The summed E-state index contributed by atoms with van der Waals surface area (Å²) < 4.78 is 20.1. The summed E-state index contributed by atoms with van der Waals surface area (Å²) >= 11 is 10.5. The molecule has 39 heavy (non-hydrogen) atoms. The summed E-state index contributed by atoms with van der Waals surface area (Å²) in [6, 6.07) is 2.00. The molecule has 212 valence electrons. The molecule has 2 aliphatic rings. The van der Waals surface area contributed by atoms with Crippen LogP contribution in [0, 0.1) is 0 Å². The van der Waals surface area contributed by atoms with Crippen LogP contribution in [0.5, 0.6) is 0 Å². The van der Waals surface area contributed by atoms with Gasteiger partial charge in [0.2, 0.25) is 5.89 Å². The monoisotopic (exact) mass is 621 g/mol. The van der Waals surface area contributed by atoms with Gasteiger partial charge in [0.25, 0.3) is 0 Å². The fourth-order valence-electron chi connectivity index (χ4n) is 5.33. The van der Waals surface area contributed by atoms with Gasteiger partial charge in [0, 0.05) is 46.9 Å². The predicted molar refractivity (Wildman–Crippen MR) is 152 cm³/mol. The molecule has 2 saturated heterocycles. The highest BCUT2D eigenvalue weighted by molar-refractivity contribution is 9.10. The maximum absolute atomic E-state index is 12.7. The lowest BCUT2D eigenvalue weighted by Gasteiger charge is -2.27. The number of hydrogen-bond acceptors (Lipinski definition) is 7. The molecule has 5 rings (SSSR count). The van der Waals surface area contributed by atoms with Crippen LogP contribution in [-0.4, -0.2) is 56.2 Å². The van der Waals surface area contributed by atoms with Crippen LogP contribution < -0.4 is 0 Å². The van der Waals surface area contributed by atoms with E-state index < -0.39 is 5.60 Å². The van der Waals surface area contributed by atoms with Crippen molar-refractivity contribution in [1.82, 2.24) is 24.8 Å². The number of halogens is 2. The molecule has 11 heteroatoms. The Labute approximate surface area is 242 Å². The van der Waals surface area contributed by atoms with Crippen LogP contribution in [-0.2, 0) is 22.3 Å². The smallest absolute Gasteiger partial charge is 0.410 e. The highest BCUT2D eigenvalue weighted by atomic mass is 79.9. The van der Waals surface area contributed by atoms with E-state index in [4.69, 9.17) is 30.6 Å². The summed E-state index contributed by atoms with van der Waals surface area (Å²) in [5, 5.41) is 10.6. The summed E-state index contributed by atoms with van der Waals surface area (Å²) in [5.74, 6) is 1.31. The molecular formula is C28H37BrClN5O4. The summed E-state index contributed by atoms with van der Waals surface area (Å²) in [6.45, 7) is 7.64. The molecule has 1 aromatic carbocycles. The highest BCUT2D eigenvalue weighted by Gasteiger charge is 2.29. The van der Waals surface area contributed by atoms with E-state index in [1.807, 2.05) is 37.7 Å². The zero-order valence-electron chi connectivity index (χ0n) is 22.9. The quantitative estimate of drug-likeness (QED) is 0.287. The second-order valence-corrected chi connectivity index (χ2v) is 12.7. The number of fused-ring (bicyclic) bond motifs is 1. The molecule has 3 aromatic rings. The van der Waals surface area contributed by atoms with Crippen LogP contribution in [0.15, 0.2) is 21.3 Å². The van der Waals surface area contributed by atoms with Crippen LogP contribution in [0.4, 0.5) is 4.79 Å². The maximum atomic E-state index is 12.7. The van der Waals surface area contributed by atoms with Gasteiger partial charge in [0.1, 0.15) is 5.60 Å². The molecule has 2 fully saturated rings. The van der Waals surface area contributed by atoms with Crippen molar-refractivity contribution in [3.05, 3.63) is 39.0 Å². The van der Waals surface area contributed by atoms with Gasteiger partial charge >= 0.3 is 6.09 Å². The van der Waals surface area contributed by atoms with Crippen molar-refractivity contribution in [2.24, 2.45) is 0 Å². The van der Waals surface area contributed by atoms with Crippen molar-refractivity contribution in [2.45, 2.75) is 96.3 Å². The molecule has 4 heterocycles. The van der Waals surface area contributed by atoms with Crippen molar-refractivity contribution in [3.63, 3.8) is 0 Å². The predicted octanol–water partition coefficient (Wildman–Crippen LogP) is 7.21. The van der Waals surface area contributed by atoms with Gasteiger partial charge in [-0.1, -0.05) is 23.2 Å². The molecule has 0 spiro atoms. The number of nitrogens with zero attached hydrogens (tertiary/aromatic N) is 5. The number of hydrogen-bond donors (Lipinski definition) is 0. The molecule has 2 atom stereocenters. The summed E-state index contributed by atoms with van der Waals surface area (Å²) in [6.07, 6.45) is 9.82. The van der Waals surface area contributed by atoms with Crippen LogP contribution >= 0.6 is 27.5 Å². The van der Waals surface area contributed by atoms with Gasteiger partial charge in [-0.15, -0.1) is 0 Å². The Bertz CT molecular complexity index is 1300. The first-order valence-corrected chi connectivity index (χ1v) is 15.1. The molecule has 0 aliphatic carbocycles. The first kappa shape index (κ1) is 28.4. The summed E-state index contributed by atoms with van der Waals surface area (Å²) in [7, 11) is 0. The van der Waals surface area contributed by atoms with E-state index >= 15 is 0 Å². The zero-order valence-corrected chi connectivity index (χ0v) is 25.3. The molecule has 0 N–H and O–H groups in total. The van der Waals surface area contributed by atoms with Crippen molar-refractivity contribution < 1.29 is 18.8 Å². The molecule has 9 nitrogen and oxygen atoms in total. The van der Waals surface area contributed by atoms with E-state index in [1.54, 1.807) is 4.90 Å². The third-order valence-electron chi connectivity index (χ3n) is 7.31. The first-order valence-electron chi connectivity index (χ1n) is 14.0. The molecular weight excluding hydrogens is 586 g/mol. The van der Waals surface area contributed by atoms with Crippen LogP contribution in [0.2, 0.25) is 5.02 Å². The number of aryl methyl sites for hydroxylation is 1. The fraction of sp³-hybridized carbons (Fsp3) is 0.643. The van der Waals surface area contributed by atoms with Crippen LogP contribution in [0.1, 0.15) is 95.1 Å². The van der Waals surface area contributed by atoms with Gasteiger partial charge in [-0.3, -0.25) is 0 Å². The van der Waals surface area contributed by atoms with Crippen molar-refractivity contribution >= 4 is 44.5 Å². The Kier molecular flexibility index (Phi) is 8.83. The minimum atomic E-state index is -0.523. The second kappa shape index (κ2) is 12.1. The average molecular weight is 623 g/mol. The molecule has 0 radical (unpaired) electrons. The molecule has 2 aliphatic heterocycles. The van der Waals surface area contributed by atoms with Gasteiger partial charge in [-0.05, 0) is 93.3 Å². The van der Waals surface area contributed by atoms with Gasteiger partial charge in [0.05, 0.1) is 11.7 Å². The second-order valence-electron chi connectivity index (χ2n) is 11.5. The minimum absolute atomic E-state index is 0.0354. The Balaban J connectivity index is 1.21. The maximum Gasteiger partial charge on any atom is 0.410 e. The normalized spacial score (nSPS) is 20.8. The number of amides is 1. The Morgan fingerprint density at radius 3 is 2.79 bits per heavy atom. The zero-order chi connectivity index (χ0) is 27.6. The van der Waals surface area contributed by atoms with Crippen LogP contribution in [0.25, 0.3) is 10.9 Å². The van der Waals surface area contributed by atoms with Crippen molar-refractivity contribution in [1.29, 1.82) is 0 Å². The SMILES string of the molecule is CC(C)(C)OC(=O)N1CCCCC(c2noc(CCCc3c(Cl)cc4c(cnn4C4CCCCO4)c3Br)n2)C1. The van der Waals surface area contributed by atoms with Crippen molar-refractivity contribution in [2.75, 3.05) is 19.7 Å². The average Bonchev–Trinajstić information content (AvgIpc) is 3.46. The topological polar surface area (TPSA) is 95.5 Å². The molecule has 2 aromatic heterocycles. The number of carbonyl (C=O) groups excluding carboxylic acids is 1. The molecule has 0 saturated carbocycles. The highest BCUT2D eigenvalue weighted by Crippen LogP contribution is 2.37. The number of rotatable bonds is 6. The number of aromatic nitrogens is 4. The standard InChI is InChI=1S/C28H37BrClN5O4/c1-28(2,3)38-27(36)34-13-6-4-9-18(17-34)26-32-23(39-33-26)11-8-10-19-21(30)15-22-20(25(19)29)16-31-35(22)24-12-5-7-14-37-24/h15-16,18,24H,4-14,17H2,1-3H3. The molecule has 2 unspecified atom stereocenters. The largest absolute Gasteiger partial charge is 0.444 e. The van der Waals surface area contributed by atoms with Gasteiger partial charge in [-0.2, -0.15) is 10.1 Å². The first-order chi connectivity index (χ1) is 18.7. The van der Waals surface area contributed by atoms with E-state index in [0.717, 1.165) is 78.9 Å². The minimum Gasteiger partial charge on any atom is -0.444 e. The summed E-state index contributed by atoms with van der Waals surface area (Å²) in [5.41, 5.74) is 1.50. The molecule has 1 amide bonds. The summed E-state index contributed by atoms with van der Waals surface area (Å²) in [4.78, 5) is 19.1. The van der Waals surface area contributed by atoms with Crippen molar-refractivity contribution in [3.8, 4) is 0 Å². The van der Waals surface area contributed by atoms with E-state index in [-0.39, 0.29) is 18.2 Å². The Morgan fingerprint density at radius 1 is 1.21 bits per heavy atom. The van der Waals surface area contributed by atoms with Gasteiger partial charge in [-0.25, -0.2) is 9.48 Å². The lowest BCUT2D eigenvalue weighted by molar-refractivity contribution is -0.0366. The third-order valence-corrected chi connectivity index (χ3v) is 8.55. The van der Waals surface area contributed by atoms with Crippen LogP contribution in [0.3, 0.4) is 0 Å². The lowest BCUT2D eigenvalue weighted by Crippen LogP contribution is -2.38. The fourth-order valence-corrected chi connectivity index (χ4v) is 6.46. The van der Waals surface area contributed by atoms with Gasteiger partial charge in [0.15, 0.2) is 12.1 Å². The van der Waals surface area contributed by atoms with E-state index in [9.17, 15) is 4.79 Å². The van der Waals surface area contributed by atoms with E-state index in [2.05, 4.69) is 26.2 Å². The number of benzene rings is 1. The third kappa shape index (κ3) is 6.77. The lowest BCUT2D eigenvalue weighted by atomic mass is 10.0.